The first-order chi connectivity index (χ1) is 36.6. The van der Waals surface area contributed by atoms with E-state index in [1.807, 2.05) is 0 Å². The molecule has 0 aromatic rings. The molecule has 2 unspecified atom stereocenters. The summed E-state index contributed by atoms with van der Waals surface area (Å²) in [5.74, 6) is -0.521. The maximum atomic E-state index is 13.2. The van der Waals surface area contributed by atoms with Gasteiger partial charge >= 0.3 is 5.97 Å². The molecule has 438 valence electrons. The van der Waals surface area contributed by atoms with Crippen LogP contribution in [0.2, 0.25) is 0 Å². The summed E-state index contributed by atoms with van der Waals surface area (Å²) >= 11 is 0. The van der Waals surface area contributed by atoms with Crippen LogP contribution in [0.3, 0.4) is 0 Å². The molecule has 1 aliphatic heterocycles. The molecule has 0 aromatic heterocycles. The minimum Gasteiger partial charge on any atom is -0.466 e. The number of rotatable bonds is 55. The lowest BCUT2D eigenvalue weighted by atomic mass is 10.0. The van der Waals surface area contributed by atoms with Gasteiger partial charge in [0.1, 0.15) is 12.1 Å². The Bertz CT molecular complexity index is 1380. The monoisotopic (exact) mass is 1060 g/mol. The van der Waals surface area contributed by atoms with E-state index in [2.05, 4.69) is 57.2 Å². The number of ether oxygens (including phenoxy) is 1. The van der Waals surface area contributed by atoms with E-state index < -0.39 is 12.1 Å². The van der Waals surface area contributed by atoms with Gasteiger partial charge in [-0.2, -0.15) is 0 Å². The van der Waals surface area contributed by atoms with Crippen molar-refractivity contribution < 1.29 is 33.5 Å². The highest BCUT2D eigenvalue weighted by atomic mass is 16.5. The molecule has 1 heterocycles. The van der Waals surface area contributed by atoms with E-state index in [1.165, 1.54) is 154 Å². The highest BCUT2D eigenvalue weighted by Gasteiger charge is 2.33. The van der Waals surface area contributed by atoms with Crippen molar-refractivity contribution in [1.82, 2.24) is 36.4 Å². The Kier molecular flexibility index (Phi) is 47.9. The second-order valence-electron chi connectivity index (χ2n) is 21.9. The molecular weight excluding hydrogens is 943 g/mol. The number of piperazine rings is 1. The largest absolute Gasteiger partial charge is 0.466 e. The van der Waals surface area contributed by atoms with Gasteiger partial charge < -0.3 is 41.1 Å². The molecule has 14 nitrogen and oxygen atoms in total. The van der Waals surface area contributed by atoms with Crippen LogP contribution in [0.5, 0.6) is 0 Å². The van der Waals surface area contributed by atoms with E-state index in [0.717, 1.165) is 51.4 Å². The third-order valence-electron chi connectivity index (χ3n) is 15.0. The third kappa shape index (κ3) is 43.4. The van der Waals surface area contributed by atoms with E-state index in [-0.39, 0.29) is 41.9 Å². The number of nitrogens with one attached hydrogen (secondary N) is 5. The first-order valence-electron chi connectivity index (χ1n) is 31.6. The second kappa shape index (κ2) is 51.5. The first kappa shape index (κ1) is 69.8. The number of amides is 5. The first-order valence-corrected chi connectivity index (χ1v) is 31.6. The van der Waals surface area contributed by atoms with Crippen LogP contribution in [0.25, 0.3) is 0 Å². The fourth-order valence-electron chi connectivity index (χ4n) is 9.98. The number of hydrogen-bond donors (Lipinski definition) is 5. The van der Waals surface area contributed by atoms with E-state index in [4.69, 9.17) is 4.74 Å². The average Bonchev–Trinajstić information content (AvgIpc) is 3.40. The predicted octanol–water partition coefficient (Wildman–Crippen LogP) is 11.8. The summed E-state index contributed by atoms with van der Waals surface area (Å²) in [6.45, 7) is 12.1. The van der Waals surface area contributed by atoms with Crippen LogP contribution < -0.4 is 26.6 Å². The van der Waals surface area contributed by atoms with Gasteiger partial charge in [-0.3, -0.25) is 28.8 Å². The lowest BCUT2D eigenvalue weighted by Crippen LogP contribution is -2.61. The van der Waals surface area contributed by atoms with Gasteiger partial charge in [-0.15, -0.1) is 0 Å². The maximum Gasteiger partial charge on any atom is 0.307 e. The molecule has 1 fully saturated rings. The van der Waals surface area contributed by atoms with Crippen molar-refractivity contribution in [3.8, 4) is 0 Å². The topological polar surface area (TPSA) is 178 Å². The number of esters is 1. The van der Waals surface area contributed by atoms with Gasteiger partial charge in [-0.05, 0) is 70.9 Å². The van der Waals surface area contributed by atoms with Gasteiger partial charge in [0, 0.05) is 65.6 Å². The smallest absolute Gasteiger partial charge is 0.307 e. The Balaban J connectivity index is 2.50. The summed E-state index contributed by atoms with van der Waals surface area (Å²) in [6, 6.07) is -1.20. The third-order valence-corrected chi connectivity index (χ3v) is 15.0. The summed E-state index contributed by atoms with van der Waals surface area (Å²) < 4.78 is 5.53. The highest BCUT2D eigenvalue weighted by Crippen LogP contribution is 2.15. The normalized spacial score (nSPS) is 14.5. The second-order valence-corrected chi connectivity index (χ2v) is 21.9. The Morgan fingerprint density at radius 3 is 1.08 bits per heavy atom. The highest BCUT2D eigenvalue weighted by molar-refractivity contribution is 5.96. The van der Waals surface area contributed by atoms with Crippen molar-refractivity contribution >= 4 is 35.5 Å². The van der Waals surface area contributed by atoms with Gasteiger partial charge in [0.05, 0.1) is 13.0 Å². The fourth-order valence-corrected chi connectivity index (χ4v) is 9.98. The van der Waals surface area contributed by atoms with Crippen LogP contribution in [-0.4, -0.2) is 123 Å². The Morgan fingerprint density at radius 2 is 0.720 bits per heavy atom. The van der Waals surface area contributed by atoms with Crippen LogP contribution in [0.15, 0.2) is 0 Å². The number of hydrogen-bond acceptors (Lipinski definition) is 9. The van der Waals surface area contributed by atoms with Gasteiger partial charge in [-0.25, -0.2) is 0 Å². The molecule has 5 N–H and O–H groups in total. The van der Waals surface area contributed by atoms with E-state index >= 15 is 0 Å². The molecule has 2 atom stereocenters. The molecule has 14 heteroatoms. The van der Waals surface area contributed by atoms with Crippen molar-refractivity contribution in [2.24, 2.45) is 0 Å². The Hall–Kier alpha value is -3.26. The summed E-state index contributed by atoms with van der Waals surface area (Å²) in [4.78, 5) is 81.1. The standard InChI is InChI=1S/C61H117N7O7/c1-5-8-11-14-17-20-23-26-29-34-45-63-57(70)42-50-67(51-43-58(71)64-46-35-30-27-24-21-18-15-12-9-6-2)47-36-32-39-54-60(73)66-55(61(74)65-54)40-33-37-48-68(49-41-56(69)62-4)52-44-59(72)75-53-38-31-28-25-22-19-16-13-10-7-3/h54-55H,5-53H2,1-4H3,(H,62,69)(H,63,70)(H,64,71)(H,65,74)(H,66,73). The van der Waals surface area contributed by atoms with Crippen molar-refractivity contribution in [2.75, 3.05) is 66.0 Å². The quantitative estimate of drug-likeness (QED) is 0.0293. The lowest BCUT2D eigenvalue weighted by molar-refractivity contribution is -0.144. The molecule has 0 aromatic carbocycles. The zero-order valence-corrected chi connectivity index (χ0v) is 49.1. The number of nitrogens with zero attached hydrogens (tertiary/aromatic N) is 2. The predicted molar refractivity (Wildman–Crippen MR) is 309 cm³/mol. The van der Waals surface area contributed by atoms with Crippen LogP contribution in [-0.2, 0) is 33.5 Å². The van der Waals surface area contributed by atoms with Gasteiger partial charge in [0.25, 0.3) is 0 Å². The van der Waals surface area contributed by atoms with E-state index in [1.54, 1.807) is 7.05 Å². The molecule has 0 saturated carbocycles. The molecule has 5 amide bonds. The summed E-state index contributed by atoms with van der Waals surface area (Å²) in [7, 11) is 1.62. The van der Waals surface area contributed by atoms with Crippen LogP contribution in [0, 0.1) is 0 Å². The van der Waals surface area contributed by atoms with Crippen molar-refractivity contribution in [1.29, 1.82) is 0 Å². The molecule has 75 heavy (non-hydrogen) atoms. The molecule has 1 saturated heterocycles. The zero-order valence-electron chi connectivity index (χ0n) is 49.1. The molecule has 0 radical (unpaired) electrons. The average molecular weight is 1060 g/mol. The minimum absolute atomic E-state index is 0.0441. The van der Waals surface area contributed by atoms with E-state index in [0.29, 0.717) is 104 Å². The molecule has 1 aliphatic rings. The van der Waals surface area contributed by atoms with E-state index in [9.17, 15) is 28.8 Å². The maximum absolute atomic E-state index is 13.2. The van der Waals surface area contributed by atoms with Crippen LogP contribution in [0.4, 0.5) is 0 Å². The molecule has 0 bridgehead atoms. The molecule has 0 spiro atoms. The van der Waals surface area contributed by atoms with Crippen LogP contribution in [0.1, 0.15) is 278 Å². The summed E-state index contributed by atoms with van der Waals surface area (Å²) in [5.41, 5.74) is 0. The van der Waals surface area contributed by atoms with Gasteiger partial charge in [0.2, 0.25) is 29.5 Å². The lowest BCUT2D eigenvalue weighted by Gasteiger charge is -2.30. The number of carbonyl (C=O) groups excluding carboxylic acids is 6. The number of carbonyl (C=O) groups is 6. The van der Waals surface area contributed by atoms with Crippen LogP contribution >= 0.6 is 0 Å². The molecule has 1 rings (SSSR count). The number of unbranched alkanes of at least 4 members (excludes halogenated alkanes) is 29. The van der Waals surface area contributed by atoms with Crippen molar-refractivity contribution in [3.05, 3.63) is 0 Å². The molecular formula is C61H117N7O7. The molecule has 0 aliphatic carbocycles. The Morgan fingerprint density at radius 1 is 0.400 bits per heavy atom. The Labute approximate surface area is 459 Å². The zero-order chi connectivity index (χ0) is 54.7. The van der Waals surface area contributed by atoms with Gasteiger partial charge in [0.15, 0.2) is 0 Å². The fraction of sp³-hybridized carbons (Fsp3) is 0.902. The van der Waals surface area contributed by atoms with Crippen molar-refractivity contribution in [3.63, 3.8) is 0 Å². The minimum atomic E-state index is -0.600. The summed E-state index contributed by atoms with van der Waals surface area (Å²) in [6.07, 6.45) is 42.7. The summed E-state index contributed by atoms with van der Waals surface area (Å²) in [5, 5.41) is 14.8. The van der Waals surface area contributed by atoms with Gasteiger partial charge in [-0.1, -0.05) is 194 Å². The SMILES string of the molecule is CCCCCCCCCCCCNC(=O)CCN(CCCCC1NC(=O)C(CCCCN(CCC(=O)NC)CCC(=O)OCCCCCCCCCCCC)NC1=O)CCC(=O)NCCCCCCCCCCCC. The van der Waals surface area contributed by atoms with Crippen molar-refractivity contribution in [2.45, 2.75) is 290 Å².